The molecule has 0 atom stereocenters. The average molecular weight is 574 g/mol. The summed E-state index contributed by atoms with van der Waals surface area (Å²) < 4.78 is 27.1. The van der Waals surface area contributed by atoms with Crippen molar-refractivity contribution in [2.75, 3.05) is 11.9 Å². The minimum absolute atomic E-state index is 0.00322. The van der Waals surface area contributed by atoms with Gasteiger partial charge in [0.25, 0.3) is 5.91 Å². The average Bonchev–Trinajstić information content (AvgIpc) is 2.79. The van der Waals surface area contributed by atoms with Crippen molar-refractivity contribution < 1.29 is 18.7 Å². The number of hydrogen-bond donors (Lipinski definition) is 1. The van der Waals surface area contributed by atoms with E-state index in [0.29, 0.717) is 34.7 Å². The van der Waals surface area contributed by atoms with E-state index in [4.69, 9.17) is 9.47 Å². The number of amides is 1. The summed E-state index contributed by atoms with van der Waals surface area (Å²) >= 11 is 6.90. The molecule has 0 aliphatic carbocycles. The van der Waals surface area contributed by atoms with E-state index in [1.165, 1.54) is 24.3 Å². The molecule has 0 saturated carbocycles. The maximum atomic E-state index is 13.8. The molecule has 33 heavy (non-hydrogen) atoms. The Morgan fingerprint density at radius 2 is 1.85 bits per heavy atom. The number of ether oxygens (including phenoxy) is 2. The lowest BCUT2D eigenvalue weighted by molar-refractivity contribution is -0.112. The summed E-state index contributed by atoms with van der Waals surface area (Å²) in [7, 11) is 0. The molecule has 8 heteroatoms. The van der Waals surface area contributed by atoms with Crippen molar-refractivity contribution in [3.05, 3.63) is 92.1 Å². The number of benzene rings is 3. The smallest absolute Gasteiger partial charge is 0.266 e. The molecule has 1 amide bonds. The lowest BCUT2D eigenvalue weighted by Gasteiger charge is -2.15. The van der Waals surface area contributed by atoms with Crippen molar-refractivity contribution in [1.82, 2.24) is 0 Å². The van der Waals surface area contributed by atoms with Crippen LogP contribution in [0.3, 0.4) is 0 Å². The molecule has 168 valence electrons. The van der Waals surface area contributed by atoms with Crippen molar-refractivity contribution in [1.29, 1.82) is 5.26 Å². The third kappa shape index (κ3) is 6.67. The summed E-state index contributed by atoms with van der Waals surface area (Å²) in [5, 5.41) is 11.9. The highest BCUT2D eigenvalue weighted by molar-refractivity contribution is 9.10. The lowest BCUT2D eigenvalue weighted by Crippen LogP contribution is -2.14. The van der Waals surface area contributed by atoms with Crippen LogP contribution in [0.5, 0.6) is 11.5 Å². The molecular formula is C25H19Br2FN2O3. The zero-order chi connectivity index (χ0) is 23.8. The van der Waals surface area contributed by atoms with Crippen LogP contribution in [0.1, 0.15) is 18.1 Å². The standard InChI is InChI=1S/C25H19Br2FN2O3/c1-2-32-23-13-17(11-18(14-29)25(31)30-22-6-4-3-5-21(22)28)12-20(27)24(23)33-15-16-7-9-19(26)10-8-16/h3-13H,2,15H2,1H3,(H,30,31)/b18-11+. The van der Waals surface area contributed by atoms with E-state index in [-0.39, 0.29) is 11.3 Å². The Morgan fingerprint density at radius 1 is 1.12 bits per heavy atom. The van der Waals surface area contributed by atoms with Crippen LogP contribution >= 0.6 is 31.9 Å². The number of nitrogens with one attached hydrogen (secondary N) is 1. The topological polar surface area (TPSA) is 71.3 Å². The third-order valence-electron chi connectivity index (χ3n) is 4.43. The predicted octanol–water partition coefficient (Wildman–Crippen LogP) is 6.87. The molecular weight excluding hydrogens is 555 g/mol. The fraction of sp³-hybridized carbons (Fsp3) is 0.120. The molecule has 0 aliphatic rings. The highest BCUT2D eigenvalue weighted by Gasteiger charge is 2.15. The van der Waals surface area contributed by atoms with Gasteiger partial charge in [0.2, 0.25) is 0 Å². The van der Waals surface area contributed by atoms with Crippen molar-refractivity contribution in [2.24, 2.45) is 0 Å². The highest BCUT2D eigenvalue weighted by Crippen LogP contribution is 2.38. The van der Waals surface area contributed by atoms with Crippen LogP contribution in [-0.2, 0) is 11.4 Å². The first kappa shape index (κ1) is 24.5. The Morgan fingerprint density at radius 3 is 2.52 bits per heavy atom. The van der Waals surface area contributed by atoms with Gasteiger partial charge in [-0.3, -0.25) is 4.79 Å². The molecule has 0 radical (unpaired) electrons. The van der Waals surface area contributed by atoms with E-state index in [1.807, 2.05) is 37.3 Å². The SMILES string of the molecule is CCOc1cc(/C=C(\C#N)C(=O)Nc2ccccc2F)cc(Br)c1OCc1ccc(Br)cc1. The van der Waals surface area contributed by atoms with E-state index in [0.717, 1.165) is 10.0 Å². The number of para-hydroxylation sites is 1. The van der Waals surface area contributed by atoms with Crippen molar-refractivity contribution in [3.8, 4) is 17.6 Å². The van der Waals surface area contributed by atoms with Gasteiger partial charge in [-0.25, -0.2) is 4.39 Å². The normalized spacial score (nSPS) is 10.9. The summed E-state index contributed by atoms with van der Waals surface area (Å²) in [5.41, 5.74) is 1.34. The molecule has 3 aromatic rings. The molecule has 0 unspecified atom stereocenters. The number of carbonyl (C=O) groups excluding carboxylic acids is 1. The van der Waals surface area contributed by atoms with Gasteiger partial charge < -0.3 is 14.8 Å². The second-order valence-corrected chi connectivity index (χ2v) is 8.55. The van der Waals surface area contributed by atoms with Gasteiger partial charge in [-0.15, -0.1) is 0 Å². The van der Waals surface area contributed by atoms with Gasteiger partial charge in [0.1, 0.15) is 24.1 Å². The van der Waals surface area contributed by atoms with E-state index in [2.05, 4.69) is 37.2 Å². The van der Waals surface area contributed by atoms with Crippen LogP contribution in [-0.4, -0.2) is 12.5 Å². The minimum atomic E-state index is -0.716. The van der Waals surface area contributed by atoms with Crippen LogP contribution in [0.25, 0.3) is 6.08 Å². The Bertz CT molecular complexity index is 1220. The van der Waals surface area contributed by atoms with Crippen LogP contribution in [0.4, 0.5) is 10.1 Å². The summed E-state index contributed by atoms with van der Waals surface area (Å²) in [5.74, 6) is -0.336. The second-order valence-electron chi connectivity index (χ2n) is 6.78. The molecule has 0 aromatic heterocycles. The fourth-order valence-electron chi connectivity index (χ4n) is 2.88. The zero-order valence-electron chi connectivity index (χ0n) is 17.6. The van der Waals surface area contributed by atoms with Gasteiger partial charge >= 0.3 is 0 Å². The molecule has 3 rings (SSSR count). The van der Waals surface area contributed by atoms with Crippen molar-refractivity contribution in [3.63, 3.8) is 0 Å². The first-order valence-corrected chi connectivity index (χ1v) is 11.5. The zero-order valence-corrected chi connectivity index (χ0v) is 20.7. The van der Waals surface area contributed by atoms with Gasteiger partial charge in [0.05, 0.1) is 16.8 Å². The Labute approximate surface area is 208 Å². The quantitative estimate of drug-likeness (QED) is 0.236. The van der Waals surface area contributed by atoms with Gasteiger partial charge in [0, 0.05) is 4.47 Å². The number of halogens is 3. The van der Waals surface area contributed by atoms with E-state index < -0.39 is 11.7 Å². The minimum Gasteiger partial charge on any atom is -0.490 e. The lowest BCUT2D eigenvalue weighted by atomic mass is 10.1. The van der Waals surface area contributed by atoms with Gasteiger partial charge in [-0.05, 0) is 76.5 Å². The van der Waals surface area contributed by atoms with Crippen LogP contribution < -0.4 is 14.8 Å². The molecule has 3 aromatic carbocycles. The van der Waals surface area contributed by atoms with E-state index in [1.54, 1.807) is 18.2 Å². The van der Waals surface area contributed by atoms with Gasteiger partial charge in [0.15, 0.2) is 11.5 Å². The maximum absolute atomic E-state index is 13.8. The third-order valence-corrected chi connectivity index (χ3v) is 5.54. The first-order chi connectivity index (χ1) is 15.9. The summed E-state index contributed by atoms with van der Waals surface area (Å²) in [6.45, 7) is 2.57. The number of carbonyl (C=O) groups is 1. The molecule has 5 nitrogen and oxygen atoms in total. The van der Waals surface area contributed by atoms with Gasteiger partial charge in [-0.2, -0.15) is 5.26 Å². The first-order valence-electron chi connectivity index (χ1n) is 9.92. The predicted molar refractivity (Wildman–Crippen MR) is 132 cm³/mol. The number of nitrogens with zero attached hydrogens (tertiary/aromatic N) is 1. The number of hydrogen-bond acceptors (Lipinski definition) is 4. The Balaban J connectivity index is 1.85. The summed E-state index contributed by atoms with van der Waals surface area (Å²) in [6.07, 6.45) is 1.40. The summed E-state index contributed by atoms with van der Waals surface area (Å²) in [6, 6.07) is 18.8. The number of rotatable bonds is 8. The van der Waals surface area contributed by atoms with Crippen LogP contribution in [0.15, 0.2) is 75.2 Å². The molecule has 0 bridgehead atoms. The number of anilines is 1. The molecule has 1 N–H and O–H groups in total. The van der Waals surface area contributed by atoms with E-state index >= 15 is 0 Å². The summed E-state index contributed by atoms with van der Waals surface area (Å²) in [4.78, 5) is 12.5. The van der Waals surface area contributed by atoms with E-state index in [9.17, 15) is 14.4 Å². The van der Waals surface area contributed by atoms with Crippen molar-refractivity contribution >= 4 is 49.5 Å². The molecule has 0 fully saturated rings. The molecule has 0 saturated heterocycles. The van der Waals surface area contributed by atoms with Crippen LogP contribution in [0.2, 0.25) is 0 Å². The molecule has 0 heterocycles. The second kappa shape index (κ2) is 11.6. The van der Waals surface area contributed by atoms with Crippen molar-refractivity contribution in [2.45, 2.75) is 13.5 Å². The highest BCUT2D eigenvalue weighted by atomic mass is 79.9. The van der Waals surface area contributed by atoms with Gasteiger partial charge in [-0.1, -0.05) is 40.2 Å². The number of nitriles is 1. The van der Waals surface area contributed by atoms with Crippen LogP contribution in [0, 0.1) is 17.1 Å². The monoisotopic (exact) mass is 572 g/mol. The maximum Gasteiger partial charge on any atom is 0.266 e. The largest absolute Gasteiger partial charge is 0.490 e. The molecule has 0 aliphatic heterocycles. The Hall–Kier alpha value is -3.15. The molecule has 0 spiro atoms. The Kier molecular flexibility index (Phi) is 8.64. The fourth-order valence-corrected chi connectivity index (χ4v) is 3.72.